The average molecular weight is 415 g/mol. The summed E-state index contributed by atoms with van der Waals surface area (Å²) in [6, 6.07) is 16.9. The van der Waals surface area contributed by atoms with E-state index in [1.54, 1.807) is 0 Å². The smallest absolute Gasteiger partial charge is 0.322 e. The lowest BCUT2D eigenvalue weighted by Crippen LogP contribution is -2.10. The summed E-state index contributed by atoms with van der Waals surface area (Å²) in [5.41, 5.74) is 5.53. The molecule has 0 fully saturated rings. The van der Waals surface area contributed by atoms with E-state index in [4.69, 9.17) is 32.9 Å². The van der Waals surface area contributed by atoms with Crippen molar-refractivity contribution in [3.8, 4) is 6.01 Å². The first-order valence-corrected chi connectivity index (χ1v) is 9.71. The molecular formula is C21H20Cl2N4O. The number of ether oxygens (including phenoxy) is 1. The van der Waals surface area contributed by atoms with Crippen LogP contribution < -0.4 is 4.74 Å². The summed E-state index contributed by atoms with van der Waals surface area (Å²) in [5, 5.41) is -0.00952. The molecule has 0 radical (unpaired) electrons. The molecule has 28 heavy (non-hydrogen) atoms. The Morgan fingerprint density at radius 2 is 1.46 bits per heavy atom. The minimum atomic E-state index is -0.00476. The van der Waals surface area contributed by atoms with E-state index in [0.29, 0.717) is 13.2 Å². The largest absolute Gasteiger partial charge is 0.461 e. The molecule has 0 unspecified atom stereocenters. The molecule has 0 atom stereocenters. The molecule has 0 spiro atoms. The second kappa shape index (κ2) is 9.62. The maximum atomic E-state index is 5.76. The zero-order valence-electron chi connectivity index (χ0n) is 15.7. The lowest BCUT2D eigenvalue weighted by Gasteiger charge is -2.10. The van der Waals surface area contributed by atoms with Gasteiger partial charge in [-0.2, -0.15) is 15.0 Å². The van der Waals surface area contributed by atoms with Crippen LogP contribution in [0.25, 0.3) is 0 Å². The van der Waals surface area contributed by atoms with Crippen LogP contribution in [0.2, 0.25) is 10.6 Å². The maximum absolute atomic E-state index is 5.76. The fourth-order valence-electron chi connectivity index (χ4n) is 2.63. The summed E-state index contributed by atoms with van der Waals surface area (Å²) in [7, 11) is 0. The standard InChI is InChI=1S/C21H20Cl2N4O/c1-3-15-6-10-17(11-7-15)18(16-8-4-14(2)5-9-16)24-12-13-28-21-26-19(22)25-20(23)27-21/h4-11H,3,12-13H2,1-2H3. The molecule has 1 aromatic heterocycles. The van der Waals surface area contributed by atoms with Crippen LogP contribution in [0.1, 0.15) is 29.2 Å². The molecule has 0 aliphatic carbocycles. The van der Waals surface area contributed by atoms with Crippen molar-refractivity contribution in [1.29, 1.82) is 0 Å². The Labute approximate surface area is 174 Å². The molecule has 3 rings (SSSR count). The van der Waals surface area contributed by atoms with Gasteiger partial charge in [0.15, 0.2) is 0 Å². The molecule has 2 aromatic carbocycles. The monoisotopic (exact) mass is 414 g/mol. The number of nitrogens with zero attached hydrogens (tertiary/aromatic N) is 4. The molecule has 0 bridgehead atoms. The predicted molar refractivity (Wildman–Crippen MR) is 113 cm³/mol. The molecular weight excluding hydrogens is 395 g/mol. The molecule has 0 amide bonds. The summed E-state index contributed by atoms with van der Waals surface area (Å²) < 4.78 is 5.51. The Kier molecular flexibility index (Phi) is 6.95. The van der Waals surface area contributed by atoms with Gasteiger partial charge < -0.3 is 4.74 Å². The molecule has 0 aliphatic heterocycles. The number of aliphatic imine (C=N–C) groups is 1. The zero-order valence-corrected chi connectivity index (χ0v) is 17.2. The fourth-order valence-corrected chi connectivity index (χ4v) is 2.97. The third-order valence-corrected chi connectivity index (χ3v) is 4.45. The van der Waals surface area contributed by atoms with Crippen LogP contribution in [0.3, 0.4) is 0 Å². The average Bonchev–Trinajstić information content (AvgIpc) is 2.68. The third kappa shape index (κ3) is 5.50. The van der Waals surface area contributed by atoms with E-state index >= 15 is 0 Å². The van der Waals surface area contributed by atoms with Gasteiger partial charge in [0.05, 0.1) is 12.3 Å². The number of hydrogen-bond acceptors (Lipinski definition) is 5. The Hall–Kier alpha value is -2.50. The van der Waals surface area contributed by atoms with Crippen molar-refractivity contribution in [2.75, 3.05) is 13.2 Å². The number of hydrogen-bond donors (Lipinski definition) is 0. The van der Waals surface area contributed by atoms with Crippen LogP contribution in [0.4, 0.5) is 0 Å². The van der Waals surface area contributed by atoms with Gasteiger partial charge in [0, 0.05) is 11.1 Å². The Bertz CT molecular complexity index is 937. The Morgan fingerprint density at radius 3 is 2.04 bits per heavy atom. The van der Waals surface area contributed by atoms with Gasteiger partial charge in [-0.3, -0.25) is 4.99 Å². The topological polar surface area (TPSA) is 60.3 Å². The molecule has 3 aromatic rings. The quantitative estimate of drug-likeness (QED) is 0.404. The molecule has 7 heteroatoms. The molecule has 5 nitrogen and oxygen atoms in total. The van der Waals surface area contributed by atoms with Crippen molar-refractivity contribution in [2.45, 2.75) is 20.3 Å². The molecule has 0 saturated carbocycles. The first-order valence-electron chi connectivity index (χ1n) is 8.96. The summed E-state index contributed by atoms with van der Waals surface area (Å²) in [6.07, 6.45) is 1.00. The number of aromatic nitrogens is 3. The predicted octanol–water partition coefficient (Wildman–Crippen LogP) is 4.97. The van der Waals surface area contributed by atoms with Crippen molar-refractivity contribution in [3.63, 3.8) is 0 Å². The second-order valence-electron chi connectivity index (χ2n) is 6.15. The highest BCUT2D eigenvalue weighted by Gasteiger charge is 2.08. The number of halogens is 2. The van der Waals surface area contributed by atoms with Crippen LogP contribution in [0.15, 0.2) is 53.5 Å². The van der Waals surface area contributed by atoms with Gasteiger partial charge in [-0.25, -0.2) is 0 Å². The summed E-state index contributed by atoms with van der Waals surface area (Å²) in [4.78, 5) is 16.2. The summed E-state index contributed by atoms with van der Waals surface area (Å²) in [6.45, 7) is 4.93. The van der Waals surface area contributed by atoms with Gasteiger partial charge in [0.25, 0.3) is 0 Å². The fraction of sp³-hybridized carbons (Fsp3) is 0.238. The van der Waals surface area contributed by atoms with Crippen LogP contribution in [-0.4, -0.2) is 33.8 Å². The number of benzene rings is 2. The van der Waals surface area contributed by atoms with Gasteiger partial charge in [0.2, 0.25) is 10.6 Å². The van der Waals surface area contributed by atoms with Crippen LogP contribution in [0.5, 0.6) is 6.01 Å². The number of aryl methyl sites for hydroxylation is 2. The van der Waals surface area contributed by atoms with Crippen molar-refractivity contribution in [1.82, 2.24) is 15.0 Å². The van der Waals surface area contributed by atoms with Crippen molar-refractivity contribution in [2.24, 2.45) is 4.99 Å². The second-order valence-corrected chi connectivity index (χ2v) is 6.83. The van der Waals surface area contributed by atoms with Gasteiger partial charge in [-0.05, 0) is 42.1 Å². The third-order valence-electron chi connectivity index (χ3n) is 4.11. The van der Waals surface area contributed by atoms with Crippen LogP contribution in [0, 0.1) is 6.92 Å². The van der Waals surface area contributed by atoms with E-state index in [-0.39, 0.29) is 16.6 Å². The first kappa shape index (κ1) is 20.2. The van der Waals surface area contributed by atoms with E-state index in [0.717, 1.165) is 23.3 Å². The molecule has 0 aliphatic rings. The highest BCUT2D eigenvalue weighted by molar-refractivity contribution is 6.31. The van der Waals surface area contributed by atoms with E-state index in [2.05, 4.69) is 77.3 Å². The highest BCUT2D eigenvalue weighted by atomic mass is 35.5. The van der Waals surface area contributed by atoms with Crippen LogP contribution in [-0.2, 0) is 6.42 Å². The van der Waals surface area contributed by atoms with Gasteiger partial charge in [0.1, 0.15) is 6.61 Å². The highest BCUT2D eigenvalue weighted by Crippen LogP contribution is 2.15. The zero-order chi connectivity index (χ0) is 19.9. The van der Waals surface area contributed by atoms with Crippen LogP contribution >= 0.6 is 23.2 Å². The Morgan fingerprint density at radius 1 is 0.893 bits per heavy atom. The molecule has 1 heterocycles. The maximum Gasteiger partial charge on any atom is 0.322 e. The molecule has 0 saturated heterocycles. The van der Waals surface area contributed by atoms with Crippen molar-refractivity contribution in [3.05, 3.63) is 81.4 Å². The minimum absolute atomic E-state index is 0.00476. The normalized spacial score (nSPS) is 11.5. The Balaban J connectivity index is 1.78. The molecule has 0 N–H and O–H groups in total. The number of rotatable bonds is 7. The SMILES string of the molecule is CCc1ccc(C(=NCCOc2nc(Cl)nc(Cl)n2)c2ccc(C)cc2)cc1. The summed E-state index contributed by atoms with van der Waals surface area (Å²) >= 11 is 11.5. The minimum Gasteiger partial charge on any atom is -0.461 e. The first-order chi connectivity index (χ1) is 13.5. The summed E-state index contributed by atoms with van der Waals surface area (Å²) in [5.74, 6) is 0. The van der Waals surface area contributed by atoms with Gasteiger partial charge in [-0.15, -0.1) is 0 Å². The van der Waals surface area contributed by atoms with E-state index < -0.39 is 0 Å². The lowest BCUT2D eigenvalue weighted by atomic mass is 9.99. The van der Waals surface area contributed by atoms with Crippen molar-refractivity contribution >= 4 is 28.9 Å². The lowest BCUT2D eigenvalue weighted by molar-refractivity contribution is 0.301. The molecule has 144 valence electrons. The van der Waals surface area contributed by atoms with E-state index in [9.17, 15) is 0 Å². The van der Waals surface area contributed by atoms with E-state index in [1.165, 1.54) is 11.1 Å². The van der Waals surface area contributed by atoms with E-state index in [1.807, 2.05) is 0 Å². The van der Waals surface area contributed by atoms with Gasteiger partial charge in [-0.1, -0.05) is 61.0 Å². The van der Waals surface area contributed by atoms with Crippen molar-refractivity contribution < 1.29 is 4.74 Å². The van der Waals surface area contributed by atoms with Gasteiger partial charge >= 0.3 is 6.01 Å².